The van der Waals surface area contributed by atoms with Crippen LogP contribution in [-0.2, 0) is 16.1 Å². The molecule has 20 heavy (non-hydrogen) atoms. The first kappa shape index (κ1) is 15.0. The van der Waals surface area contributed by atoms with E-state index in [-0.39, 0.29) is 11.8 Å². The molecular formula is C15H21NO3S. The van der Waals surface area contributed by atoms with Crippen LogP contribution in [0.3, 0.4) is 0 Å². The summed E-state index contributed by atoms with van der Waals surface area (Å²) in [5, 5.41) is 13.3. The first-order valence-electron chi connectivity index (χ1n) is 7.01. The zero-order chi connectivity index (χ0) is 14.7. The van der Waals surface area contributed by atoms with Gasteiger partial charge in [0.2, 0.25) is 5.91 Å². The Morgan fingerprint density at radius 2 is 2.10 bits per heavy atom. The highest BCUT2D eigenvalue weighted by Crippen LogP contribution is 2.39. The average Bonchev–Trinajstić information content (AvgIpc) is 3.06. The second-order valence-electron chi connectivity index (χ2n) is 5.62. The summed E-state index contributed by atoms with van der Waals surface area (Å²) in [6.07, 6.45) is 2.29. The van der Waals surface area contributed by atoms with E-state index in [0.29, 0.717) is 25.3 Å². The SMILES string of the molecule is CCC1C[C@H](C(=O)N(C)Cc2ccsc2)[C@H](C(=O)O)C1. The second-order valence-corrected chi connectivity index (χ2v) is 6.40. The minimum atomic E-state index is -0.830. The highest BCUT2D eigenvalue weighted by molar-refractivity contribution is 7.07. The fourth-order valence-corrected chi connectivity index (χ4v) is 3.70. The largest absolute Gasteiger partial charge is 0.481 e. The van der Waals surface area contributed by atoms with Gasteiger partial charge in [0, 0.05) is 13.6 Å². The van der Waals surface area contributed by atoms with Crippen LogP contribution in [0.4, 0.5) is 0 Å². The van der Waals surface area contributed by atoms with E-state index in [0.717, 1.165) is 12.0 Å². The van der Waals surface area contributed by atoms with E-state index in [2.05, 4.69) is 6.92 Å². The van der Waals surface area contributed by atoms with Crippen molar-refractivity contribution in [3.8, 4) is 0 Å². The van der Waals surface area contributed by atoms with Crippen LogP contribution in [-0.4, -0.2) is 28.9 Å². The Morgan fingerprint density at radius 3 is 2.65 bits per heavy atom. The highest BCUT2D eigenvalue weighted by Gasteiger charge is 2.43. The maximum absolute atomic E-state index is 12.5. The Balaban J connectivity index is 2.04. The molecule has 2 rings (SSSR count). The van der Waals surface area contributed by atoms with Crippen molar-refractivity contribution < 1.29 is 14.7 Å². The number of hydrogen-bond acceptors (Lipinski definition) is 3. The van der Waals surface area contributed by atoms with Crippen LogP contribution in [0.1, 0.15) is 31.7 Å². The molecule has 0 bridgehead atoms. The molecule has 1 N–H and O–H groups in total. The highest BCUT2D eigenvalue weighted by atomic mass is 32.1. The summed E-state index contributed by atoms with van der Waals surface area (Å²) in [5.74, 6) is -1.37. The van der Waals surface area contributed by atoms with E-state index in [1.54, 1.807) is 23.3 Å². The number of carboxylic acids is 1. The van der Waals surface area contributed by atoms with Crippen molar-refractivity contribution in [2.24, 2.45) is 17.8 Å². The Bertz CT molecular complexity index is 471. The summed E-state index contributed by atoms with van der Waals surface area (Å²) in [6.45, 7) is 2.62. The Morgan fingerprint density at radius 1 is 1.40 bits per heavy atom. The van der Waals surface area contributed by atoms with Crippen molar-refractivity contribution in [3.63, 3.8) is 0 Å². The number of rotatable bonds is 5. The van der Waals surface area contributed by atoms with Gasteiger partial charge in [-0.15, -0.1) is 0 Å². The monoisotopic (exact) mass is 295 g/mol. The van der Waals surface area contributed by atoms with Crippen LogP contribution in [0.25, 0.3) is 0 Å². The Labute approximate surface area is 123 Å². The third-order valence-corrected chi connectivity index (χ3v) is 4.98. The molecule has 110 valence electrons. The van der Waals surface area contributed by atoms with Crippen LogP contribution >= 0.6 is 11.3 Å². The van der Waals surface area contributed by atoms with Crippen molar-refractivity contribution in [3.05, 3.63) is 22.4 Å². The number of carboxylic acid groups (broad SMARTS) is 1. The number of carbonyl (C=O) groups is 2. The summed E-state index contributed by atoms with van der Waals surface area (Å²) in [7, 11) is 1.76. The zero-order valence-electron chi connectivity index (χ0n) is 11.9. The summed E-state index contributed by atoms with van der Waals surface area (Å²) >= 11 is 1.60. The normalized spacial score (nSPS) is 25.6. The first-order chi connectivity index (χ1) is 9.52. The molecule has 5 heteroatoms. The summed E-state index contributed by atoms with van der Waals surface area (Å²) in [6, 6.07) is 1.99. The zero-order valence-corrected chi connectivity index (χ0v) is 12.7. The summed E-state index contributed by atoms with van der Waals surface area (Å²) in [5.41, 5.74) is 1.10. The molecule has 0 spiro atoms. The van der Waals surface area contributed by atoms with Crippen LogP contribution in [0.2, 0.25) is 0 Å². The fourth-order valence-electron chi connectivity index (χ4n) is 3.04. The number of carbonyl (C=O) groups excluding carboxylic acids is 1. The van der Waals surface area contributed by atoms with Crippen LogP contribution < -0.4 is 0 Å². The van der Waals surface area contributed by atoms with Gasteiger partial charge in [0.15, 0.2) is 0 Å². The fraction of sp³-hybridized carbons (Fsp3) is 0.600. The van der Waals surface area contributed by atoms with Gasteiger partial charge in [-0.3, -0.25) is 9.59 Å². The Kier molecular flexibility index (Phi) is 4.81. The first-order valence-corrected chi connectivity index (χ1v) is 7.96. The van der Waals surface area contributed by atoms with E-state index in [9.17, 15) is 14.7 Å². The number of thiophene rings is 1. The van der Waals surface area contributed by atoms with Gasteiger partial charge in [0.25, 0.3) is 0 Å². The molecule has 1 aliphatic rings. The lowest BCUT2D eigenvalue weighted by atomic mass is 9.95. The second kappa shape index (κ2) is 6.39. The average molecular weight is 295 g/mol. The molecule has 1 aliphatic carbocycles. The minimum absolute atomic E-state index is 0.0282. The minimum Gasteiger partial charge on any atom is -0.481 e. The van der Waals surface area contributed by atoms with E-state index >= 15 is 0 Å². The quantitative estimate of drug-likeness (QED) is 0.908. The van der Waals surface area contributed by atoms with Crippen LogP contribution in [0.5, 0.6) is 0 Å². The van der Waals surface area contributed by atoms with Crippen molar-refractivity contribution in [2.75, 3.05) is 7.05 Å². The predicted molar refractivity (Wildman–Crippen MR) is 78.4 cm³/mol. The molecule has 4 nitrogen and oxygen atoms in total. The molecular weight excluding hydrogens is 274 g/mol. The molecule has 1 saturated carbocycles. The van der Waals surface area contributed by atoms with Gasteiger partial charge in [0.05, 0.1) is 11.8 Å². The van der Waals surface area contributed by atoms with E-state index < -0.39 is 11.9 Å². The molecule has 1 heterocycles. The lowest BCUT2D eigenvalue weighted by Crippen LogP contribution is -2.36. The lowest BCUT2D eigenvalue weighted by molar-refractivity contribution is -0.148. The smallest absolute Gasteiger partial charge is 0.307 e. The molecule has 3 atom stereocenters. The third kappa shape index (κ3) is 3.20. The third-order valence-electron chi connectivity index (χ3n) is 4.25. The molecule has 0 radical (unpaired) electrons. The van der Waals surface area contributed by atoms with Crippen LogP contribution in [0.15, 0.2) is 16.8 Å². The van der Waals surface area contributed by atoms with Gasteiger partial charge in [-0.05, 0) is 41.1 Å². The van der Waals surface area contributed by atoms with Gasteiger partial charge in [-0.25, -0.2) is 0 Å². The van der Waals surface area contributed by atoms with Crippen molar-refractivity contribution in [1.29, 1.82) is 0 Å². The molecule has 1 aromatic heterocycles. The van der Waals surface area contributed by atoms with Gasteiger partial charge >= 0.3 is 5.97 Å². The van der Waals surface area contributed by atoms with Crippen LogP contribution in [0, 0.1) is 17.8 Å². The maximum atomic E-state index is 12.5. The number of aliphatic carboxylic acids is 1. The van der Waals surface area contributed by atoms with E-state index in [1.165, 1.54) is 0 Å². The standard InChI is InChI=1S/C15H21NO3S/c1-3-10-6-12(13(7-10)15(18)19)14(17)16(2)8-11-4-5-20-9-11/h4-5,9-10,12-13H,3,6-8H2,1-2H3,(H,18,19)/t10?,12-,13+/m0/s1. The van der Waals surface area contributed by atoms with Gasteiger partial charge in [-0.2, -0.15) is 11.3 Å². The van der Waals surface area contributed by atoms with Crippen molar-refractivity contribution in [2.45, 2.75) is 32.7 Å². The summed E-state index contributed by atoms with van der Waals surface area (Å²) < 4.78 is 0. The molecule has 0 aliphatic heterocycles. The number of nitrogens with zero attached hydrogens (tertiary/aromatic N) is 1. The molecule has 1 aromatic rings. The van der Waals surface area contributed by atoms with E-state index in [1.807, 2.05) is 16.8 Å². The molecule has 1 fully saturated rings. The number of amides is 1. The molecule has 1 amide bonds. The van der Waals surface area contributed by atoms with Gasteiger partial charge < -0.3 is 10.0 Å². The maximum Gasteiger partial charge on any atom is 0.307 e. The number of hydrogen-bond donors (Lipinski definition) is 1. The van der Waals surface area contributed by atoms with E-state index in [4.69, 9.17) is 0 Å². The van der Waals surface area contributed by atoms with Gasteiger partial charge in [0.1, 0.15) is 0 Å². The molecule has 1 unspecified atom stereocenters. The lowest BCUT2D eigenvalue weighted by Gasteiger charge is -2.23. The van der Waals surface area contributed by atoms with Crippen molar-refractivity contribution in [1.82, 2.24) is 4.90 Å². The molecule has 0 aromatic carbocycles. The van der Waals surface area contributed by atoms with Gasteiger partial charge in [-0.1, -0.05) is 13.3 Å². The topological polar surface area (TPSA) is 57.6 Å². The molecule has 0 saturated heterocycles. The predicted octanol–water partition coefficient (Wildman–Crippen LogP) is 2.84. The van der Waals surface area contributed by atoms with Crippen molar-refractivity contribution >= 4 is 23.2 Å². The Hall–Kier alpha value is -1.36. The summed E-state index contributed by atoms with van der Waals surface area (Å²) in [4.78, 5) is 25.5.